The highest BCUT2D eigenvalue weighted by Gasteiger charge is 2.22. The molecule has 5 nitrogen and oxygen atoms in total. The molecule has 2 aromatic rings. The number of benzene rings is 1. The Morgan fingerprint density at radius 2 is 2.05 bits per heavy atom. The first-order valence-electron chi connectivity index (χ1n) is 6.93. The van der Waals surface area contributed by atoms with Gasteiger partial charge in [-0.05, 0) is 25.8 Å². The van der Waals surface area contributed by atoms with Crippen LogP contribution in [0.4, 0.5) is 0 Å². The third-order valence-corrected chi connectivity index (χ3v) is 4.32. The molecule has 2 rings (SSSR count). The van der Waals surface area contributed by atoms with Crippen LogP contribution in [-0.2, 0) is 11.2 Å². The fourth-order valence-corrected chi connectivity index (χ4v) is 3.20. The summed E-state index contributed by atoms with van der Waals surface area (Å²) in [6, 6.07) is 10.3. The first-order chi connectivity index (χ1) is 10.1. The summed E-state index contributed by atoms with van der Waals surface area (Å²) in [6.45, 7) is 4.14. The average molecular weight is 304 g/mol. The van der Waals surface area contributed by atoms with Gasteiger partial charge in [0.2, 0.25) is 5.91 Å². The van der Waals surface area contributed by atoms with E-state index in [4.69, 9.17) is 0 Å². The lowest BCUT2D eigenvalue weighted by Crippen LogP contribution is -2.31. The molecule has 1 aromatic heterocycles. The molecular weight excluding hydrogens is 284 g/mol. The molecule has 0 aliphatic heterocycles. The molecule has 1 amide bonds. The molecule has 1 atom stereocenters. The van der Waals surface area contributed by atoms with Gasteiger partial charge in [-0.2, -0.15) is 0 Å². The number of carbonyl (C=O) groups is 1. The monoisotopic (exact) mass is 304 g/mol. The van der Waals surface area contributed by atoms with Gasteiger partial charge in [-0.25, -0.2) is 0 Å². The van der Waals surface area contributed by atoms with Crippen molar-refractivity contribution in [2.45, 2.75) is 36.7 Å². The van der Waals surface area contributed by atoms with Crippen molar-refractivity contribution in [1.29, 1.82) is 0 Å². The van der Waals surface area contributed by atoms with E-state index in [1.807, 2.05) is 34.9 Å². The van der Waals surface area contributed by atoms with Crippen molar-refractivity contribution in [3.05, 3.63) is 42.2 Å². The smallest absolute Gasteiger partial charge is 0.233 e. The standard InChI is InChI=1S/C15H20N4OS/c1-11(2)19-10-17-18-15(19)21-13(14(20)16-3)9-12-7-5-4-6-8-12/h4-8,10-11,13H,9H2,1-3H3,(H,16,20). The predicted molar refractivity (Wildman–Crippen MR) is 84.3 cm³/mol. The van der Waals surface area contributed by atoms with Crippen molar-refractivity contribution in [2.24, 2.45) is 0 Å². The molecule has 0 fully saturated rings. The third kappa shape index (κ3) is 4.07. The Kier molecular flexibility index (Phi) is 5.38. The van der Waals surface area contributed by atoms with Crippen LogP contribution in [0.5, 0.6) is 0 Å². The second-order valence-electron chi connectivity index (χ2n) is 5.02. The van der Waals surface area contributed by atoms with Gasteiger partial charge < -0.3 is 9.88 Å². The van der Waals surface area contributed by atoms with E-state index in [1.54, 1.807) is 13.4 Å². The van der Waals surface area contributed by atoms with E-state index in [9.17, 15) is 4.79 Å². The van der Waals surface area contributed by atoms with Crippen molar-refractivity contribution < 1.29 is 4.79 Å². The summed E-state index contributed by atoms with van der Waals surface area (Å²) in [5, 5.41) is 11.4. The number of hydrogen-bond donors (Lipinski definition) is 1. The van der Waals surface area contributed by atoms with Crippen LogP contribution in [0.2, 0.25) is 0 Å². The Morgan fingerprint density at radius 3 is 2.67 bits per heavy atom. The van der Waals surface area contributed by atoms with Crippen LogP contribution in [0.1, 0.15) is 25.5 Å². The van der Waals surface area contributed by atoms with Crippen molar-refractivity contribution in [2.75, 3.05) is 7.05 Å². The summed E-state index contributed by atoms with van der Waals surface area (Å²) in [6.07, 6.45) is 2.37. The Bertz CT molecular complexity index is 582. The fraction of sp³-hybridized carbons (Fsp3) is 0.400. The van der Waals surface area contributed by atoms with Gasteiger partial charge in [-0.1, -0.05) is 42.1 Å². The Labute approximate surface area is 129 Å². The molecule has 21 heavy (non-hydrogen) atoms. The lowest BCUT2D eigenvalue weighted by Gasteiger charge is -2.16. The Morgan fingerprint density at radius 1 is 1.33 bits per heavy atom. The van der Waals surface area contributed by atoms with Crippen LogP contribution in [-0.4, -0.2) is 33.0 Å². The summed E-state index contributed by atoms with van der Waals surface area (Å²) in [5.41, 5.74) is 1.13. The van der Waals surface area contributed by atoms with Gasteiger partial charge in [0, 0.05) is 13.1 Å². The minimum atomic E-state index is -0.223. The van der Waals surface area contributed by atoms with E-state index >= 15 is 0 Å². The summed E-state index contributed by atoms with van der Waals surface area (Å²) < 4.78 is 1.98. The summed E-state index contributed by atoms with van der Waals surface area (Å²) in [4.78, 5) is 12.1. The van der Waals surface area contributed by atoms with Crippen molar-refractivity contribution in [1.82, 2.24) is 20.1 Å². The van der Waals surface area contributed by atoms with Crippen LogP contribution in [0.25, 0.3) is 0 Å². The van der Waals surface area contributed by atoms with Crippen molar-refractivity contribution >= 4 is 17.7 Å². The van der Waals surface area contributed by atoms with Gasteiger partial charge in [0.05, 0.1) is 5.25 Å². The number of nitrogens with one attached hydrogen (secondary N) is 1. The summed E-state index contributed by atoms with van der Waals surface area (Å²) in [5.74, 6) is 0.00200. The minimum absolute atomic E-state index is 0.00200. The predicted octanol–water partition coefficient (Wildman–Crippen LogP) is 2.31. The SMILES string of the molecule is CNC(=O)C(Cc1ccccc1)Sc1nncn1C(C)C. The molecule has 1 N–H and O–H groups in total. The van der Waals surface area contributed by atoms with Gasteiger partial charge in [-0.3, -0.25) is 4.79 Å². The zero-order chi connectivity index (χ0) is 15.2. The molecule has 0 aliphatic carbocycles. The van der Waals surface area contributed by atoms with Gasteiger partial charge in [0.1, 0.15) is 6.33 Å². The van der Waals surface area contributed by atoms with Gasteiger partial charge in [0.25, 0.3) is 0 Å². The normalized spacial score (nSPS) is 12.4. The lowest BCUT2D eigenvalue weighted by molar-refractivity contribution is -0.120. The molecular formula is C15H20N4OS. The minimum Gasteiger partial charge on any atom is -0.358 e. The first kappa shape index (κ1) is 15.6. The van der Waals surface area contributed by atoms with Crippen molar-refractivity contribution in [3.8, 4) is 0 Å². The average Bonchev–Trinajstić information content (AvgIpc) is 2.95. The molecule has 0 saturated carbocycles. The molecule has 112 valence electrons. The number of thioether (sulfide) groups is 1. The Balaban J connectivity index is 2.17. The zero-order valence-electron chi connectivity index (χ0n) is 12.5. The van der Waals surface area contributed by atoms with Crippen LogP contribution in [0.3, 0.4) is 0 Å². The van der Waals surface area contributed by atoms with Crippen LogP contribution >= 0.6 is 11.8 Å². The number of rotatable bonds is 6. The number of carbonyl (C=O) groups excluding carboxylic acids is 1. The summed E-state index contributed by atoms with van der Waals surface area (Å²) >= 11 is 1.46. The molecule has 6 heteroatoms. The number of hydrogen-bond acceptors (Lipinski definition) is 4. The largest absolute Gasteiger partial charge is 0.358 e. The maximum absolute atomic E-state index is 12.1. The zero-order valence-corrected chi connectivity index (χ0v) is 13.3. The molecule has 0 radical (unpaired) electrons. The molecule has 0 bridgehead atoms. The van der Waals surface area contributed by atoms with Crippen LogP contribution in [0, 0.1) is 0 Å². The highest BCUT2D eigenvalue weighted by atomic mass is 32.2. The quantitative estimate of drug-likeness (QED) is 0.832. The van der Waals surface area contributed by atoms with Crippen LogP contribution < -0.4 is 5.32 Å². The van der Waals surface area contributed by atoms with E-state index in [0.717, 1.165) is 10.7 Å². The topological polar surface area (TPSA) is 59.8 Å². The molecule has 1 heterocycles. The maximum Gasteiger partial charge on any atom is 0.233 e. The van der Waals surface area contributed by atoms with E-state index in [2.05, 4.69) is 29.4 Å². The van der Waals surface area contributed by atoms with Gasteiger partial charge in [0.15, 0.2) is 5.16 Å². The molecule has 0 saturated heterocycles. The van der Waals surface area contributed by atoms with E-state index in [-0.39, 0.29) is 17.2 Å². The van der Waals surface area contributed by atoms with Crippen LogP contribution in [0.15, 0.2) is 41.8 Å². The van der Waals surface area contributed by atoms with E-state index in [0.29, 0.717) is 6.42 Å². The second kappa shape index (κ2) is 7.26. The molecule has 0 spiro atoms. The van der Waals surface area contributed by atoms with Crippen molar-refractivity contribution in [3.63, 3.8) is 0 Å². The number of aromatic nitrogens is 3. The first-order valence-corrected chi connectivity index (χ1v) is 7.81. The maximum atomic E-state index is 12.1. The number of amides is 1. The Hall–Kier alpha value is -1.82. The van der Waals surface area contributed by atoms with Gasteiger partial charge in [-0.15, -0.1) is 10.2 Å². The second-order valence-corrected chi connectivity index (χ2v) is 6.19. The van der Waals surface area contributed by atoms with E-state index in [1.165, 1.54) is 11.8 Å². The third-order valence-electron chi connectivity index (χ3n) is 3.15. The fourth-order valence-electron chi connectivity index (χ4n) is 1.97. The molecule has 1 aromatic carbocycles. The number of nitrogens with zero attached hydrogens (tertiary/aromatic N) is 3. The highest BCUT2D eigenvalue weighted by molar-refractivity contribution is 8.00. The molecule has 1 unspecified atom stereocenters. The highest BCUT2D eigenvalue weighted by Crippen LogP contribution is 2.26. The van der Waals surface area contributed by atoms with Gasteiger partial charge >= 0.3 is 0 Å². The molecule has 0 aliphatic rings. The van der Waals surface area contributed by atoms with E-state index < -0.39 is 0 Å². The summed E-state index contributed by atoms with van der Waals surface area (Å²) in [7, 11) is 1.66. The lowest BCUT2D eigenvalue weighted by atomic mass is 10.1.